The molecule has 0 saturated heterocycles. The van der Waals surface area contributed by atoms with Crippen LogP contribution in [0.3, 0.4) is 0 Å². The molecule has 2 N–H and O–H groups in total. The van der Waals surface area contributed by atoms with Crippen LogP contribution in [0.2, 0.25) is 0 Å². The second-order valence-electron chi connectivity index (χ2n) is 8.08. The Morgan fingerprint density at radius 1 is 1.10 bits per heavy atom. The maximum Gasteiger partial charge on any atom is 0.130 e. The highest BCUT2D eigenvalue weighted by Crippen LogP contribution is 2.27. The molecule has 0 radical (unpaired) electrons. The molecule has 2 aromatic carbocycles. The molecular weight excluding hydrogens is 404 g/mol. The van der Waals surface area contributed by atoms with E-state index < -0.39 is 4.93 Å². The minimum Gasteiger partial charge on any atom is -0.380 e. The fourth-order valence-corrected chi connectivity index (χ4v) is 3.76. The molecule has 0 aliphatic carbocycles. The molecule has 0 fully saturated rings. The molecule has 1 atom stereocenters. The van der Waals surface area contributed by atoms with E-state index in [4.69, 9.17) is 0 Å². The number of thiol groups is 1. The van der Waals surface area contributed by atoms with Crippen LogP contribution in [0.4, 0.5) is 5.82 Å². The largest absolute Gasteiger partial charge is 0.380 e. The quantitative estimate of drug-likeness (QED) is 0.290. The van der Waals surface area contributed by atoms with Crippen LogP contribution in [0, 0.1) is 6.92 Å². The van der Waals surface area contributed by atoms with Gasteiger partial charge in [-0.15, -0.1) is 12.6 Å². The van der Waals surface area contributed by atoms with Crippen molar-refractivity contribution in [3.05, 3.63) is 84.5 Å². The fraction of sp³-hybridized carbons (Fsp3) is 0.200. The van der Waals surface area contributed by atoms with E-state index in [1.807, 2.05) is 56.7 Å². The molecule has 6 heteroatoms. The Morgan fingerprint density at radius 3 is 2.48 bits per heavy atom. The second kappa shape index (κ2) is 8.21. The molecule has 0 bridgehead atoms. The first-order valence-electron chi connectivity index (χ1n) is 10.1. The fourth-order valence-electron chi connectivity index (χ4n) is 3.58. The molecule has 0 spiro atoms. The van der Waals surface area contributed by atoms with E-state index in [2.05, 4.69) is 57.3 Å². The molecule has 1 unspecified atom stereocenters. The van der Waals surface area contributed by atoms with Gasteiger partial charge in [-0.05, 0) is 42.5 Å². The van der Waals surface area contributed by atoms with Gasteiger partial charge in [-0.3, -0.25) is 0 Å². The first kappa shape index (κ1) is 21.2. The van der Waals surface area contributed by atoms with E-state index >= 15 is 0 Å². The third kappa shape index (κ3) is 4.81. The molecule has 0 aliphatic rings. The number of anilines is 1. The summed E-state index contributed by atoms with van der Waals surface area (Å²) in [7, 11) is 2.02. The van der Waals surface area contributed by atoms with Crippen molar-refractivity contribution < 1.29 is 5.11 Å². The van der Waals surface area contributed by atoms with Gasteiger partial charge >= 0.3 is 0 Å². The highest BCUT2D eigenvalue weighted by atomic mass is 32.1. The molecule has 5 nitrogen and oxygen atoms in total. The van der Waals surface area contributed by atoms with Crippen molar-refractivity contribution >= 4 is 34.9 Å². The average molecular weight is 431 g/mol. The van der Waals surface area contributed by atoms with E-state index in [9.17, 15) is 5.11 Å². The monoisotopic (exact) mass is 430 g/mol. The number of pyridine rings is 1. The number of rotatable bonds is 6. The number of hydrogen-bond donors (Lipinski definition) is 3. The van der Waals surface area contributed by atoms with Gasteiger partial charge in [0.2, 0.25) is 0 Å². The maximum absolute atomic E-state index is 9.86. The van der Waals surface area contributed by atoms with Gasteiger partial charge < -0.3 is 15.0 Å². The van der Waals surface area contributed by atoms with Crippen molar-refractivity contribution in [1.82, 2.24) is 14.5 Å². The number of fused-ring (bicyclic) bond motifs is 1. The number of aliphatic hydroxyl groups is 1. The lowest BCUT2D eigenvalue weighted by molar-refractivity contribution is 0.161. The SMILES string of the molecule is C=C(Nc1cc2cc(-c3cnc(C)n3C)ccc2cn1)c1ccc(CC(C)(O)S)cc1. The summed E-state index contributed by atoms with van der Waals surface area (Å²) in [5.41, 5.74) is 4.92. The minimum absolute atomic E-state index is 0.473. The Balaban J connectivity index is 1.55. The van der Waals surface area contributed by atoms with Crippen LogP contribution in [-0.4, -0.2) is 24.6 Å². The summed E-state index contributed by atoms with van der Waals surface area (Å²) in [5.74, 6) is 1.71. The van der Waals surface area contributed by atoms with Crippen LogP contribution in [0.15, 0.2) is 67.5 Å². The zero-order valence-electron chi connectivity index (χ0n) is 17.9. The van der Waals surface area contributed by atoms with E-state index in [-0.39, 0.29) is 0 Å². The standard InChI is InChI=1S/C25H26N4OS/c1-16(19-7-5-18(6-8-19)13-25(3,30)31)28-24-12-22-11-20(9-10-21(22)14-27-24)23-15-26-17(2)29(23)4/h5-12,14-15,30-31H,1,13H2,2-4H3,(H,27,28). The molecule has 0 amide bonds. The number of aryl methyl sites for hydroxylation is 1. The van der Waals surface area contributed by atoms with Crippen LogP contribution in [0.5, 0.6) is 0 Å². The van der Waals surface area contributed by atoms with Gasteiger partial charge in [-0.1, -0.05) is 43.0 Å². The molecular formula is C25H26N4OS. The number of imidazole rings is 1. The van der Waals surface area contributed by atoms with Gasteiger partial charge in [0, 0.05) is 36.3 Å². The lowest BCUT2D eigenvalue weighted by atomic mass is 10.0. The molecule has 0 saturated carbocycles. The van der Waals surface area contributed by atoms with Gasteiger partial charge in [-0.2, -0.15) is 0 Å². The highest BCUT2D eigenvalue weighted by Gasteiger charge is 2.14. The highest BCUT2D eigenvalue weighted by molar-refractivity contribution is 7.81. The van der Waals surface area contributed by atoms with E-state index in [0.717, 1.165) is 50.5 Å². The number of nitrogens with one attached hydrogen (secondary N) is 1. The van der Waals surface area contributed by atoms with Crippen molar-refractivity contribution in [2.24, 2.45) is 7.05 Å². The van der Waals surface area contributed by atoms with E-state index in [1.165, 1.54) is 0 Å². The van der Waals surface area contributed by atoms with Crippen molar-refractivity contribution in [1.29, 1.82) is 0 Å². The summed E-state index contributed by atoms with van der Waals surface area (Å²) in [4.78, 5) is 7.90. The van der Waals surface area contributed by atoms with Gasteiger partial charge in [0.15, 0.2) is 0 Å². The van der Waals surface area contributed by atoms with Crippen molar-refractivity contribution in [2.75, 3.05) is 5.32 Å². The summed E-state index contributed by atoms with van der Waals surface area (Å²) >= 11 is 4.18. The average Bonchev–Trinajstić information content (AvgIpc) is 3.05. The third-order valence-electron chi connectivity index (χ3n) is 5.36. The smallest absolute Gasteiger partial charge is 0.130 e. The maximum atomic E-state index is 9.86. The molecule has 2 aromatic heterocycles. The summed E-state index contributed by atoms with van der Waals surface area (Å²) in [6, 6.07) is 16.3. The van der Waals surface area contributed by atoms with Crippen molar-refractivity contribution in [2.45, 2.75) is 25.2 Å². The number of nitrogens with zero attached hydrogens (tertiary/aromatic N) is 3. The summed E-state index contributed by atoms with van der Waals surface area (Å²) in [6.07, 6.45) is 4.23. The number of hydrogen-bond acceptors (Lipinski definition) is 5. The molecule has 2 heterocycles. The van der Waals surface area contributed by atoms with Crippen LogP contribution < -0.4 is 5.32 Å². The molecule has 158 valence electrons. The third-order valence-corrected chi connectivity index (χ3v) is 5.52. The van der Waals surface area contributed by atoms with Gasteiger partial charge in [0.05, 0.1) is 11.9 Å². The van der Waals surface area contributed by atoms with Gasteiger partial charge in [-0.25, -0.2) is 9.97 Å². The predicted molar refractivity (Wildman–Crippen MR) is 131 cm³/mol. The van der Waals surface area contributed by atoms with E-state index in [1.54, 1.807) is 6.92 Å². The van der Waals surface area contributed by atoms with Crippen LogP contribution >= 0.6 is 12.6 Å². The molecule has 31 heavy (non-hydrogen) atoms. The molecule has 0 aliphatic heterocycles. The predicted octanol–water partition coefficient (Wildman–Crippen LogP) is 5.21. The molecule has 4 aromatic rings. The van der Waals surface area contributed by atoms with Crippen LogP contribution in [-0.2, 0) is 13.5 Å². The Morgan fingerprint density at radius 2 is 1.84 bits per heavy atom. The van der Waals surface area contributed by atoms with Gasteiger partial charge in [0.1, 0.15) is 16.6 Å². The zero-order valence-corrected chi connectivity index (χ0v) is 18.8. The Labute approximate surface area is 187 Å². The van der Waals surface area contributed by atoms with E-state index in [0.29, 0.717) is 6.42 Å². The first-order valence-corrected chi connectivity index (χ1v) is 10.5. The van der Waals surface area contributed by atoms with Crippen molar-refractivity contribution in [3.8, 4) is 11.3 Å². The Bertz CT molecular complexity index is 1250. The Kier molecular flexibility index (Phi) is 5.60. The lowest BCUT2D eigenvalue weighted by Gasteiger charge is -2.16. The zero-order chi connectivity index (χ0) is 22.2. The number of benzene rings is 2. The van der Waals surface area contributed by atoms with Crippen LogP contribution in [0.1, 0.15) is 23.9 Å². The first-order chi connectivity index (χ1) is 14.7. The minimum atomic E-state index is -1.03. The lowest BCUT2D eigenvalue weighted by Crippen LogP contribution is -2.18. The summed E-state index contributed by atoms with van der Waals surface area (Å²) in [5, 5.41) is 15.3. The Hall–Kier alpha value is -3.09. The topological polar surface area (TPSA) is 63.0 Å². The summed E-state index contributed by atoms with van der Waals surface area (Å²) in [6.45, 7) is 7.83. The van der Waals surface area contributed by atoms with Crippen LogP contribution in [0.25, 0.3) is 27.7 Å². The second-order valence-corrected chi connectivity index (χ2v) is 9.04. The summed E-state index contributed by atoms with van der Waals surface area (Å²) < 4.78 is 2.08. The van der Waals surface area contributed by atoms with Crippen molar-refractivity contribution in [3.63, 3.8) is 0 Å². The number of aromatic nitrogens is 3. The van der Waals surface area contributed by atoms with Gasteiger partial charge in [0.25, 0.3) is 0 Å². The normalized spacial score (nSPS) is 13.2. The molecule has 4 rings (SSSR count).